The summed E-state index contributed by atoms with van der Waals surface area (Å²) in [7, 11) is 0. The predicted octanol–water partition coefficient (Wildman–Crippen LogP) is 3.77. The first kappa shape index (κ1) is 18.7. The fourth-order valence-corrected chi connectivity index (χ4v) is 2.57. The standard InChI is InChI=1S/C16H19ClNO2.Y/c1-4-18-15(9-6-11(3)16(18)19)13-8-7-12(20-5-2)10-14(13)17;/h7-8,10-11H,4-6H2,1-3H3;/q-1;. The van der Waals surface area contributed by atoms with Gasteiger partial charge in [0.05, 0.1) is 6.61 Å². The van der Waals surface area contributed by atoms with Crippen molar-refractivity contribution in [2.75, 3.05) is 13.2 Å². The number of hydrogen-bond donors (Lipinski definition) is 0. The first-order chi connectivity index (χ1) is 9.58. The Balaban J connectivity index is 0.00000220. The summed E-state index contributed by atoms with van der Waals surface area (Å²) in [5, 5.41) is 0.583. The molecule has 0 fully saturated rings. The van der Waals surface area contributed by atoms with E-state index >= 15 is 0 Å². The molecule has 1 aromatic carbocycles. The van der Waals surface area contributed by atoms with Gasteiger partial charge >= 0.3 is 0 Å². The molecule has 2 rings (SSSR count). The SMILES string of the molecule is CCOc1ccc(C2=[C-]CC(C)C(=O)N2CC)c(Cl)c1.[Y]. The van der Waals surface area contributed by atoms with Gasteiger partial charge in [-0.05, 0) is 31.0 Å². The van der Waals surface area contributed by atoms with Crippen LogP contribution >= 0.6 is 11.6 Å². The van der Waals surface area contributed by atoms with Crippen LogP contribution in [0.1, 0.15) is 32.8 Å². The number of carbonyl (C=O) groups is 1. The maximum atomic E-state index is 12.2. The van der Waals surface area contributed by atoms with Gasteiger partial charge in [0.25, 0.3) is 0 Å². The minimum atomic E-state index is -0.0137. The van der Waals surface area contributed by atoms with Crippen molar-refractivity contribution in [3.8, 4) is 5.75 Å². The van der Waals surface area contributed by atoms with Crippen LogP contribution in [0, 0.1) is 12.0 Å². The van der Waals surface area contributed by atoms with Crippen LogP contribution in [-0.2, 0) is 37.5 Å². The van der Waals surface area contributed by atoms with E-state index in [0.717, 1.165) is 17.0 Å². The van der Waals surface area contributed by atoms with Crippen molar-refractivity contribution in [3.63, 3.8) is 0 Å². The van der Waals surface area contributed by atoms with Crippen LogP contribution < -0.4 is 4.74 Å². The third-order valence-corrected chi connectivity index (χ3v) is 3.67. The van der Waals surface area contributed by atoms with Gasteiger partial charge < -0.3 is 9.64 Å². The van der Waals surface area contributed by atoms with E-state index < -0.39 is 0 Å². The zero-order valence-electron chi connectivity index (χ0n) is 12.6. The van der Waals surface area contributed by atoms with E-state index in [1.54, 1.807) is 11.0 Å². The number of rotatable bonds is 4. The Kier molecular flexibility index (Phi) is 7.39. The monoisotopic (exact) mass is 381 g/mol. The van der Waals surface area contributed by atoms with Crippen molar-refractivity contribution >= 4 is 23.2 Å². The van der Waals surface area contributed by atoms with Gasteiger partial charge in [-0.3, -0.25) is 4.79 Å². The molecule has 21 heavy (non-hydrogen) atoms. The van der Waals surface area contributed by atoms with Crippen molar-refractivity contribution in [1.82, 2.24) is 4.90 Å². The second-order valence-corrected chi connectivity index (χ2v) is 5.19. The van der Waals surface area contributed by atoms with Gasteiger partial charge in [0, 0.05) is 45.2 Å². The minimum absolute atomic E-state index is 0. The van der Waals surface area contributed by atoms with E-state index in [9.17, 15) is 4.79 Å². The van der Waals surface area contributed by atoms with E-state index in [4.69, 9.17) is 16.3 Å². The van der Waals surface area contributed by atoms with Gasteiger partial charge in [-0.1, -0.05) is 13.3 Å². The molecule has 0 spiro atoms. The Morgan fingerprint density at radius 3 is 2.71 bits per heavy atom. The second-order valence-electron chi connectivity index (χ2n) is 4.79. The summed E-state index contributed by atoms with van der Waals surface area (Å²) >= 11 is 6.33. The molecule has 1 aromatic rings. The fraction of sp³-hybridized carbons (Fsp3) is 0.438. The molecule has 0 aromatic heterocycles. The van der Waals surface area contributed by atoms with Crippen LogP contribution in [0.4, 0.5) is 0 Å². The van der Waals surface area contributed by atoms with Crippen LogP contribution in [0.2, 0.25) is 5.02 Å². The van der Waals surface area contributed by atoms with Gasteiger partial charge in [-0.25, -0.2) is 6.08 Å². The minimum Gasteiger partial charge on any atom is -0.494 e. The zero-order chi connectivity index (χ0) is 14.7. The van der Waals surface area contributed by atoms with Crippen molar-refractivity contribution in [2.24, 2.45) is 5.92 Å². The molecule has 1 heterocycles. The summed E-state index contributed by atoms with van der Waals surface area (Å²) in [6, 6.07) is 5.54. The Labute approximate surface area is 156 Å². The van der Waals surface area contributed by atoms with Gasteiger partial charge in [0.1, 0.15) is 5.75 Å². The molecule has 1 aliphatic rings. The summed E-state index contributed by atoms with van der Waals surface area (Å²) in [5.41, 5.74) is 1.61. The van der Waals surface area contributed by atoms with Crippen molar-refractivity contribution < 1.29 is 42.2 Å². The van der Waals surface area contributed by atoms with Crippen LogP contribution in [-0.4, -0.2) is 24.0 Å². The molecule has 1 radical (unpaired) electrons. The number of halogens is 1. The van der Waals surface area contributed by atoms with Crippen molar-refractivity contribution in [1.29, 1.82) is 0 Å². The molecule has 1 atom stereocenters. The first-order valence-electron chi connectivity index (χ1n) is 6.93. The Hall–Kier alpha value is -0.376. The van der Waals surface area contributed by atoms with Gasteiger partial charge in [0.2, 0.25) is 5.91 Å². The van der Waals surface area contributed by atoms with Crippen LogP contribution in [0.5, 0.6) is 5.75 Å². The molecule has 0 N–H and O–H groups in total. The van der Waals surface area contributed by atoms with Gasteiger partial charge in [-0.15, -0.1) is 28.9 Å². The third-order valence-electron chi connectivity index (χ3n) is 3.36. The molecule has 111 valence electrons. The number of hydrogen-bond acceptors (Lipinski definition) is 2. The average Bonchev–Trinajstić information content (AvgIpc) is 2.43. The summed E-state index contributed by atoms with van der Waals surface area (Å²) in [4.78, 5) is 14.0. The second kappa shape index (κ2) is 8.31. The molecule has 1 amide bonds. The summed E-state index contributed by atoms with van der Waals surface area (Å²) in [6.45, 7) is 7.03. The number of amides is 1. The zero-order valence-corrected chi connectivity index (χ0v) is 16.2. The quantitative estimate of drug-likeness (QED) is 0.743. The molecule has 1 aliphatic heterocycles. The summed E-state index contributed by atoms with van der Waals surface area (Å²) < 4.78 is 5.43. The summed E-state index contributed by atoms with van der Waals surface area (Å²) in [5.74, 6) is 0.853. The fourth-order valence-electron chi connectivity index (χ4n) is 2.31. The van der Waals surface area contributed by atoms with Crippen molar-refractivity contribution in [2.45, 2.75) is 27.2 Å². The molecule has 3 nitrogen and oxygen atoms in total. The average molecular weight is 382 g/mol. The maximum absolute atomic E-state index is 12.2. The van der Waals surface area contributed by atoms with E-state index in [2.05, 4.69) is 6.08 Å². The van der Waals surface area contributed by atoms with Crippen LogP contribution in [0.15, 0.2) is 18.2 Å². The normalized spacial score (nSPS) is 18.1. The number of nitrogens with zero attached hydrogens (tertiary/aromatic N) is 1. The molecule has 0 saturated heterocycles. The molecular weight excluding hydrogens is 363 g/mol. The smallest absolute Gasteiger partial charge is 0.225 e. The number of ether oxygens (including phenoxy) is 1. The molecule has 5 heteroatoms. The van der Waals surface area contributed by atoms with E-state index in [1.165, 1.54) is 0 Å². The Morgan fingerprint density at radius 1 is 1.43 bits per heavy atom. The topological polar surface area (TPSA) is 29.5 Å². The van der Waals surface area contributed by atoms with E-state index in [-0.39, 0.29) is 44.5 Å². The third kappa shape index (κ3) is 4.09. The number of benzene rings is 1. The van der Waals surface area contributed by atoms with Gasteiger partial charge in [-0.2, -0.15) is 0 Å². The molecule has 0 aliphatic carbocycles. The predicted molar refractivity (Wildman–Crippen MR) is 80.4 cm³/mol. The molecule has 0 bridgehead atoms. The first-order valence-corrected chi connectivity index (χ1v) is 7.31. The maximum Gasteiger partial charge on any atom is 0.225 e. The summed E-state index contributed by atoms with van der Waals surface area (Å²) in [6.07, 6.45) is 3.94. The van der Waals surface area contributed by atoms with E-state index in [1.807, 2.05) is 32.9 Å². The molecule has 0 saturated carbocycles. The molecule has 1 unspecified atom stereocenters. The van der Waals surface area contributed by atoms with Crippen LogP contribution in [0.25, 0.3) is 5.70 Å². The van der Waals surface area contributed by atoms with E-state index in [0.29, 0.717) is 24.6 Å². The number of allylic oxidation sites excluding steroid dienone is 1. The largest absolute Gasteiger partial charge is 0.494 e. The Bertz CT molecular complexity index is 545. The molecular formula is C16H19ClNO2Y-. The van der Waals surface area contributed by atoms with Crippen molar-refractivity contribution in [3.05, 3.63) is 34.9 Å². The van der Waals surface area contributed by atoms with Crippen LogP contribution in [0.3, 0.4) is 0 Å². The van der Waals surface area contributed by atoms with Gasteiger partial charge in [0.15, 0.2) is 0 Å². The number of carbonyl (C=O) groups excluding carboxylic acids is 1. The Morgan fingerprint density at radius 2 is 2.14 bits per heavy atom.